The van der Waals surface area contributed by atoms with Gasteiger partial charge in [0.15, 0.2) is 0 Å². The molecular weight excluding hydrogens is 328 g/mol. The van der Waals surface area contributed by atoms with Crippen molar-refractivity contribution in [3.8, 4) is 0 Å². The van der Waals surface area contributed by atoms with Gasteiger partial charge in [-0.05, 0) is 51.0 Å². The van der Waals surface area contributed by atoms with E-state index in [2.05, 4.69) is 5.32 Å². The summed E-state index contributed by atoms with van der Waals surface area (Å²) in [6, 6.07) is 6.40. The first kappa shape index (κ1) is 17.4. The summed E-state index contributed by atoms with van der Waals surface area (Å²) < 4.78 is 32.6. The molecule has 2 aliphatic rings. The molecule has 1 aromatic rings. The maximum atomic E-state index is 12.8. The van der Waals surface area contributed by atoms with Gasteiger partial charge in [-0.2, -0.15) is 4.31 Å². The Morgan fingerprint density at radius 3 is 2.21 bits per heavy atom. The molecule has 0 spiro atoms. The molecule has 0 unspecified atom stereocenters. The Morgan fingerprint density at radius 1 is 1.12 bits per heavy atom. The van der Waals surface area contributed by atoms with Crippen molar-refractivity contribution in [1.82, 2.24) is 4.31 Å². The zero-order chi connectivity index (χ0) is 17.3. The normalized spacial score (nSPS) is 25.9. The number of hydrogen-bond donors (Lipinski definition) is 1. The van der Waals surface area contributed by atoms with Crippen molar-refractivity contribution < 1.29 is 17.9 Å². The van der Waals surface area contributed by atoms with E-state index in [0.29, 0.717) is 18.8 Å². The van der Waals surface area contributed by atoms with Gasteiger partial charge in [0.1, 0.15) is 0 Å². The number of hydrogen-bond acceptors (Lipinski definition) is 4. The van der Waals surface area contributed by atoms with Crippen molar-refractivity contribution in [3.05, 3.63) is 24.3 Å². The summed E-state index contributed by atoms with van der Waals surface area (Å²) in [4.78, 5) is 12.2. The van der Waals surface area contributed by atoms with E-state index in [9.17, 15) is 13.2 Å². The van der Waals surface area contributed by atoms with Crippen molar-refractivity contribution in [3.63, 3.8) is 0 Å². The van der Waals surface area contributed by atoms with Crippen LogP contribution in [-0.4, -0.2) is 43.9 Å². The summed E-state index contributed by atoms with van der Waals surface area (Å²) in [5.41, 5.74) is 0.634. The molecule has 1 amide bonds. The molecule has 2 atom stereocenters. The second-order valence-corrected chi connectivity index (χ2v) is 8.66. The smallest absolute Gasteiger partial charge is 0.243 e. The number of sulfonamides is 1. The molecule has 1 aliphatic heterocycles. The van der Waals surface area contributed by atoms with Crippen LogP contribution in [0.3, 0.4) is 0 Å². The average Bonchev–Trinajstić information content (AvgIpc) is 2.44. The van der Waals surface area contributed by atoms with Gasteiger partial charge in [-0.25, -0.2) is 8.42 Å². The van der Waals surface area contributed by atoms with E-state index in [1.807, 2.05) is 13.8 Å². The SMILES string of the molecule is C[C@@H]1CN(S(=O)(=O)c2ccc(NC(=O)C3CCC3)cc2)C[C@@H](C)O1. The molecule has 1 aromatic carbocycles. The highest BCUT2D eigenvalue weighted by molar-refractivity contribution is 7.89. The molecule has 3 rings (SSSR count). The van der Waals surface area contributed by atoms with Gasteiger partial charge in [0.05, 0.1) is 17.1 Å². The van der Waals surface area contributed by atoms with Crippen LogP contribution < -0.4 is 5.32 Å². The molecule has 1 heterocycles. The molecule has 0 bridgehead atoms. The largest absolute Gasteiger partial charge is 0.373 e. The fraction of sp³-hybridized carbons (Fsp3) is 0.588. The van der Waals surface area contributed by atoms with Gasteiger partial charge in [-0.3, -0.25) is 4.79 Å². The van der Waals surface area contributed by atoms with Crippen LogP contribution >= 0.6 is 0 Å². The van der Waals surface area contributed by atoms with Gasteiger partial charge in [0.25, 0.3) is 0 Å². The fourth-order valence-electron chi connectivity index (χ4n) is 3.10. The van der Waals surface area contributed by atoms with Gasteiger partial charge < -0.3 is 10.1 Å². The molecule has 132 valence electrons. The first-order valence-corrected chi connectivity index (χ1v) is 9.87. The van der Waals surface area contributed by atoms with Gasteiger partial charge in [-0.15, -0.1) is 0 Å². The molecule has 1 N–H and O–H groups in total. The minimum atomic E-state index is -3.54. The number of amides is 1. The predicted molar refractivity (Wildman–Crippen MR) is 91.2 cm³/mol. The number of nitrogens with one attached hydrogen (secondary N) is 1. The lowest BCUT2D eigenvalue weighted by Crippen LogP contribution is -2.48. The van der Waals surface area contributed by atoms with E-state index < -0.39 is 10.0 Å². The number of rotatable bonds is 4. The van der Waals surface area contributed by atoms with Crippen molar-refractivity contribution >= 4 is 21.6 Å². The highest BCUT2D eigenvalue weighted by Gasteiger charge is 2.32. The second kappa shape index (κ2) is 6.82. The summed E-state index contributed by atoms with van der Waals surface area (Å²) >= 11 is 0. The fourth-order valence-corrected chi connectivity index (χ4v) is 4.69. The summed E-state index contributed by atoms with van der Waals surface area (Å²) in [6.45, 7) is 4.45. The standard InChI is InChI=1S/C17H24N2O4S/c1-12-10-19(11-13(2)23-12)24(21,22)16-8-6-15(7-9-16)18-17(20)14-4-3-5-14/h6-9,12-14H,3-5,10-11H2,1-2H3,(H,18,20)/t12-,13-/m1/s1. The number of morpholine rings is 1. The first-order chi connectivity index (χ1) is 11.4. The zero-order valence-electron chi connectivity index (χ0n) is 14.1. The molecule has 1 saturated heterocycles. The quantitative estimate of drug-likeness (QED) is 0.901. The third-order valence-corrected chi connectivity index (χ3v) is 6.47. The Morgan fingerprint density at radius 2 is 1.71 bits per heavy atom. The number of benzene rings is 1. The number of carbonyl (C=O) groups excluding carboxylic acids is 1. The van der Waals surface area contributed by atoms with Gasteiger partial charge >= 0.3 is 0 Å². The van der Waals surface area contributed by atoms with E-state index >= 15 is 0 Å². The third kappa shape index (κ3) is 3.63. The van der Waals surface area contributed by atoms with Crippen LogP contribution in [0, 0.1) is 5.92 Å². The summed E-state index contributed by atoms with van der Waals surface area (Å²) in [5, 5.41) is 2.85. The zero-order valence-corrected chi connectivity index (χ0v) is 14.9. The van der Waals surface area contributed by atoms with Crippen LogP contribution in [0.2, 0.25) is 0 Å². The average molecular weight is 352 g/mol. The summed E-state index contributed by atoms with van der Waals surface area (Å²) in [5.74, 6) is 0.123. The van der Waals surface area contributed by atoms with E-state index in [4.69, 9.17) is 4.74 Å². The van der Waals surface area contributed by atoms with Crippen molar-refractivity contribution in [2.45, 2.75) is 50.2 Å². The number of carbonyl (C=O) groups is 1. The van der Waals surface area contributed by atoms with E-state index in [0.717, 1.165) is 19.3 Å². The summed E-state index contributed by atoms with van der Waals surface area (Å²) in [6.07, 6.45) is 2.73. The molecule has 0 radical (unpaired) electrons. The number of nitrogens with zero attached hydrogens (tertiary/aromatic N) is 1. The minimum Gasteiger partial charge on any atom is -0.373 e. The highest BCUT2D eigenvalue weighted by atomic mass is 32.2. The minimum absolute atomic E-state index is 0.0210. The van der Waals surface area contributed by atoms with Crippen LogP contribution in [0.5, 0.6) is 0 Å². The van der Waals surface area contributed by atoms with Crippen LogP contribution in [0.1, 0.15) is 33.1 Å². The molecule has 1 aliphatic carbocycles. The third-order valence-electron chi connectivity index (χ3n) is 4.62. The van der Waals surface area contributed by atoms with Gasteiger partial charge in [-0.1, -0.05) is 6.42 Å². The lowest BCUT2D eigenvalue weighted by molar-refractivity contribution is -0.122. The maximum absolute atomic E-state index is 12.8. The van der Waals surface area contributed by atoms with Crippen molar-refractivity contribution in [2.75, 3.05) is 18.4 Å². The Labute approximate surface area is 143 Å². The molecule has 7 heteroatoms. The van der Waals surface area contributed by atoms with Gasteiger partial charge in [0.2, 0.25) is 15.9 Å². The van der Waals surface area contributed by atoms with Crippen LogP contribution in [0.4, 0.5) is 5.69 Å². The van der Waals surface area contributed by atoms with Crippen molar-refractivity contribution in [1.29, 1.82) is 0 Å². The first-order valence-electron chi connectivity index (χ1n) is 8.43. The Kier molecular flexibility index (Phi) is 4.94. The van der Waals surface area contributed by atoms with E-state index in [1.54, 1.807) is 24.3 Å². The van der Waals surface area contributed by atoms with Gasteiger partial charge in [0, 0.05) is 24.7 Å². The van der Waals surface area contributed by atoms with E-state index in [-0.39, 0.29) is 28.9 Å². The number of ether oxygens (including phenoxy) is 1. The highest BCUT2D eigenvalue weighted by Crippen LogP contribution is 2.28. The topological polar surface area (TPSA) is 75.7 Å². The van der Waals surface area contributed by atoms with E-state index in [1.165, 1.54) is 4.31 Å². The molecule has 1 saturated carbocycles. The molecule has 2 fully saturated rings. The van der Waals surface area contributed by atoms with Crippen LogP contribution in [-0.2, 0) is 19.6 Å². The van der Waals surface area contributed by atoms with Crippen molar-refractivity contribution in [2.24, 2.45) is 5.92 Å². The lowest BCUT2D eigenvalue weighted by atomic mass is 9.85. The Hall–Kier alpha value is -1.44. The second-order valence-electron chi connectivity index (χ2n) is 6.72. The monoisotopic (exact) mass is 352 g/mol. The molecule has 6 nitrogen and oxygen atoms in total. The molecular formula is C17H24N2O4S. The maximum Gasteiger partial charge on any atom is 0.243 e. The molecule has 24 heavy (non-hydrogen) atoms. The predicted octanol–water partition coefficient (Wildman–Crippen LogP) is 2.22. The Balaban J connectivity index is 1.70. The molecule has 0 aromatic heterocycles. The number of anilines is 1. The summed E-state index contributed by atoms with van der Waals surface area (Å²) in [7, 11) is -3.54. The lowest BCUT2D eigenvalue weighted by Gasteiger charge is -2.34. The van der Waals surface area contributed by atoms with Crippen LogP contribution in [0.25, 0.3) is 0 Å². The van der Waals surface area contributed by atoms with Crippen LogP contribution in [0.15, 0.2) is 29.2 Å². The Bertz CT molecular complexity index is 688.